The van der Waals surface area contributed by atoms with Gasteiger partial charge in [-0.05, 0) is 35.9 Å². The zero-order chi connectivity index (χ0) is 14.7. The Balaban J connectivity index is 2.21. The van der Waals surface area contributed by atoms with Crippen molar-refractivity contribution >= 4 is 60.7 Å². The second kappa shape index (κ2) is 7.03. The van der Waals surface area contributed by atoms with Crippen LogP contribution in [-0.2, 0) is 6.54 Å². The molecule has 0 aliphatic rings. The van der Waals surface area contributed by atoms with Crippen LogP contribution in [0.3, 0.4) is 0 Å². The molecule has 2 nitrogen and oxygen atoms in total. The Kier molecular flexibility index (Phi) is 5.61. The van der Waals surface area contributed by atoms with E-state index < -0.39 is 0 Å². The van der Waals surface area contributed by atoms with Crippen molar-refractivity contribution in [2.45, 2.75) is 6.54 Å². The molecule has 2 rings (SSSR count). The predicted octanol–water partition coefficient (Wildman–Crippen LogP) is 6.14. The van der Waals surface area contributed by atoms with Gasteiger partial charge < -0.3 is 10.1 Å². The molecule has 0 saturated heterocycles. The van der Waals surface area contributed by atoms with Crippen LogP contribution in [0, 0.1) is 0 Å². The Labute approximate surface area is 144 Å². The van der Waals surface area contributed by atoms with Crippen molar-refractivity contribution in [3.8, 4) is 5.75 Å². The van der Waals surface area contributed by atoms with Crippen LogP contribution in [0.15, 0.2) is 39.3 Å². The molecular weight excluding hydrogens is 429 g/mol. The molecule has 0 aliphatic heterocycles. The van der Waals surface area contributed by atoms with Crippen LogP contribution >= 0.6 is 55.1 Å². The number of benzene rings is 2. The highest BCUT2D eigenvalue weighted by molar-refractivity contribution is 9.10. The van der Waals surface area contributed by atoms with E-state index in [1.165, 1.54) is 0 Å². The SMILES string of the molecule is COc1ccc(Br)c(CNc2c(Cl)cc(Br)cc2Cl)c1. The van der Waals surface area contributed by atoms with Crippen LogP contribution in [0.25, 0.3) is 0 Å². The van der Waals surface area contributed by atoms with Crippen LogP contribution in [0.5, 0.6) is 5.75 Å². The Morgan fingerprint density at radius 1 is 1.10 bits per heavy atom. The summed E-state index contributed by atoms with van der Waals surface area (Å²) >= 11 is 19.2. The normalized spacial score (nSPS) is 10.4. The molecule has 0 unspecified atom stereocenters. The second-order valence-electron chi connectivity index (χ2n) is 4.06. The first-order valence-electron chi connectivity index (χ1n) is 5.72. The molecule has 1 N–H and O–H groups in total. The van der Waals surface area contributed by atoms with Crippen LogP contribution in [0.1, 0.15) is 5.56 Å². The molecule has 0 amide bonds. The van der Waals surface area contributed by atoms with Crippen molar-refractivity contribution in [2.75, 3.05) is 12.4 Å². The first kappa shape index (κ1) is 16.0. The monoisotopic (exact) mass is 437 g/mol. The van der Waals surface area contributed by atoms with Gasteiger partial charge in [0.15, 0.2) is 0 Å². The Morgan fingerprint density at radius 3 is 2.35 bits per heavy atom. The number of hydrogen-bond donors (Lipinski definition) is 1. The molecule has 20 heavy (non-hydrogen) atoms. The lowest BCUT2D eigenvalue weighted by atomic mass is 10.2. The van der Waals surface area contributed by atoms with Gasteiger partial charge in [0.2, 0.25) is 0 Å². The topological polar surface area (TPSA) is 21.3 Å². The van der Waals surface area contributed by atoms with E-state index in [2.05, 4.69) is 37.2 Å². The number of ether oxygens (including phenoxy) is 1. The summed E-state index contributed by atoms with van der Waals surface area (Å²) in [6.07, 6.45) is 0. The first-order chi connectivity index (χ1) is 9.51. The molecule has 2 aromatic rings. The van der Waals surface area contributed by atoms with E-state index in [0.717, 1.165) is 20.3 Å². The van der Waals surface area contributed by atoms with Gasteiger partial charge >= 0.3 is 0 Å². The number of rotatable bonds is 4. The highest BCUT2D eigenvalue weighted by Gasteiger charge is 2.09. The maximum Gasteiger partial charge on any atom is 0.119 e. The fraction of sp³-hybridized carbons (Fsp3) is 0.143. The first-order valence-corrected chi connectivity index (χ1v) is 8.06. The average molecular weight is 440 g/mol. The van der Waals surface area contributed by atoms with Crippen LogP contribution < -0.4 is 10.1 Å². The molecule has 0 saturated carbocycles. The summed E-state index contributed by atoms with van der Waals surface area (Å²) in [4.78, 5) is 0. The minimum atomic E-state index is 0.573. The highest BCUT2D eigenvalue weighted by atomic mass is 79.9. The van der Waals surface area contributed by atoms with Gasteiger partial charge in [0, 0.05) is 15.5 Å². The molecule has 0 heterocycles. The van der Waals surface area contributed by atoms with Crippen molar-refractivity contribution in [1.82, 2.24) is 0 Å². The minimum Gasteiger partial charge on any atom is -0.497 e. The summed E-state index contributed by atoms with van der Waals surface area (Å²) in [6.45, 7) is 0.582. The van der Waals surface area contributed by atoms with Gasteiger partial charge in [0.25, 0.3) is 0 Å². The third-order valence-electron chi connectivity index (χ3n) is 2.72. The van der Waals surface area contributed by atoms with Gasteiger partial charge in [-0.2, -0.15) is 0 Å². The van der Waals surface area contributed by atoms with E-state index >= 15 is 0 Å². The highest BCUT2D eigenvalue weighted by Crippen LogP contribution is 2.34. The molecule has 0 atom stereocenters. The summed E-state index contributed by atoms with van der Waals surface area (Å²) in [7, 11) is 1.64. The van der Waals surface area contributed by atoms with Gasteiger partial charge in [-0.25, -0.2) is 0 Å². The Bertz CT molecular complexity index is 612. The third kappa shape index (κ3) is 3.82. The molecule has 0 radical (unpaired) electrons. The quantitative estimate of drug-likeness (QED) is 0.617. The fourth-order valence-corrected chi connectivity index (χ4v) is 3.44. The summed E-state index contributed by atoms with van der Waals surface area (Å²) in [5.74, 6) is 0.804. The second-order valence-corrected chi connectivity index (χ2v) is 6.64. The fourth-order valence-electron chi connectivity index (χ4n) is 1.71. The summed E-state index contributed by atoms with van der Waals surface area (Å²) in [6, 6.07) is 9.40. The van der Waals surface area contributed by atoms with Gasteiger partial charge in [-0.15, -0.1) is 0 Å². The predicted molar refractivity (Wildman–Crippen MR) is 92.2 cm³/mol. The van der Waals surface area contributed by atoms with Crippen molar-refractivity contribution in [2.24, 2.45) is 0 Å². The van der Waals surface area contributed by atoms with Crippen LogP contribution in [-0.4, -0.2) is 7.11 Å². The van der Waals surface area contributed by atoms with Crippen molar-refractivity contribution in [3.63, 3.8) is 0 Å². The zero-order valence-electron chi connectivity index (χ0n) is 10.5. The smallest absolute Gasteiger partial charge is 0.119 e. The van der Waals surface area contributed by atoms with Crippen molar-refractivity contribution in [3.05, 3.63) is 54.9 Å². The molecule has 0 fully saturated rings. The van der Waals surface area contributed by atoms with E-state index in [0.29, 0.717) is 22.3 Å². The summed E-state index contributed by atoms with van der Waals surface area (Å²) in [5.41, 5.74) is 1.77. The zero-order valence-corrected chi connectivity index (χ0v) is 15.2. The van der Waals surface area contributed by atoms with E-state index in [-0.39, 0.29) is 0 Å². The summed E-state index contributed by atoms with van der Waals surface area (Å²) in [5, 5.41) is 4.39. The Morgan fingerprint density at radius 2 is 1.75 bits per heavy atom. The molecule has 0 aliphatic carbocycles. The van der Waals surface area contributed by atoms with Crippen molar-refractivity contribution < 1.29 is 4.74 Å². The number of methoxy groups -OCH3 is 1. The molecule has 0 spiro atoms. The molecule has 0 aromatic heterocycles. The lowest BCUT2D eigenvalue weighted by Crippen LogP contribution is -2.02. The standard InChI is InChI=1S/C14H11Br2Cl2NO/c1-20-10-2-3-11(16)8(4-10)7-19-14-12(17)5-9(15)6-13(14)18/h2-6,19H,7H2,1H3. The number of halogens is 4. The van der Waals surface area contributed by atoms with E-state index in [1.807, 2.05) is 18.2 Å². The van der Waals surface area contributed by atoms with E-state index in [1.54, 1.807) is 19.2 Å². The largest absolute Gasteiger partial charge is 0.497 e. The molecule has 2 aromatic carbocycles. The molecule has 0 bridgehead atoms. The van der Waals surface area contributed by atoms with E-state index in [9.17, 15) is 0 Å². The molecule has 106 valence electrons. The number of hydrogen-bond acceptors (Lipinski definition) is 2. The van der Waals surface area contributed by atoms with Crippen molar-refractivity contribution in [1.29, 1.82) is 0 Å². The van der Waals surface area contributed by atoms with E-state index in [4.69, 9.17) is 27.9 Å². The minimum absolute atomic E-state index is 0.573. The Hall–Kier alpha value is -0.420. The van der Waals surface area contributed by atoms with Crippen LogP contribution in [0.2, 0.25) is 10.0 Å². The van der Waals surface area contributed by atoms with Gasteiger partial charge in [-0.1, -0.05) is 55.1 Å². The number of anilines is 1. The lowest BCUT2D eigenvalue weighted by molar-refractivity contribution is 0.414. The van der Waals surface area contributed by atoms with Gasteiger partial charge in [0.1, 0.15) is 5.75 Å². The van der Waals surface area contributed by atoms with Gasteiger partial charge in [0.05, 0.1) is 22.8 Å². The van der Waals surface area contributed by atoms with Gasteiger partial charge in [-0.3, -0.25) is 0 Å². The molecular formula is C14H11Br2Cl2NO. The molecule has 6 heteroatoms. The summed E-state index contributed by atoms with van der Waals surface area (Å²) < 4.78 is 7.06. The van der Waals surface area contributed by atoms with Crippen LogP contribution in [0.4, 0.5) is 5.69 Å². The maximum absolute atomic E-state index is 6.19. The maximum atomic E-state index is 6.19. The number of nitrogens with one attached hydrogen (secondary N) is 1. The third-order valence-corrected chi connectivity index (χ3v) is 4.54. The lowest BCUT2D eigenvalue weighted by Gasteiger charge is -2.13. The average Bonchev–Trinajstić information content (AvgIpc) is 2.39.